The fourth-order valence-corrected chi connectivity index (χ4v) is 2.70. The molecule has 2 aromatic rings. The molecule has 0 atom stereocenters. The van der Waals surface area contributed by atoms with Gasteiger partial charge in [-0.15, -0.1) is 0 Å². The Morgan fingerprint density at radius 3 is 2.88 bits per heavy atom. The maximum absolute atomic E-state index is 12.1. The van der Waals surface area contributed by atoms with Gasteiger partial charge in [-0.3, -0.25) is 4.79 Å². The summed E-state index contributed by atoms with van der Waals surface area (Å²) >= 11 is 6.66. The number of nitrogens with zero attached hydrogens (tertiary/aromatic N) is 1. The van der Waals surface area contributed by atoms with Crippen LogP contribution in [-0.2, 0) is 4.84 Å². The summed E-state index contributed by atoms with van der Waals surface area (Å²) in [6, 6.07) is 3.52. The number of benzene rings is 1. The molecule has 0 unspecified atom stereocenters. The van der Waals surface area contributed by atoms with Gasteiger partial charge in [-0.1, -0.05) is 21.1 Å². The van der Waals surface area contributed by atoms with E-state index in [-0.39, 0.29) is 5.43 Å². The van der Waals surface area contributed by atoms with Crippen LogP contribution < -0.4 is 5.43 Å². The minimum absolute atomic E-state index is 0.158. The number of hydrogen-bond donors (Lipinski definition) is 0. The van der Waals surface area contributed by atoms with E-state index in [9.17, 15) is 4.79 Å². The molecule has 0 aliphatic rings. The van der Waals surface area contributed by atoms with Crippen molar-refractivity contribution in [3.63, 3.8) is 0 Å². The second kappa shape index (κ2) is 5.01. The fraction of sp³-hybridized carbons (Fsp3) is 0.0909. The molecule has 88 valence electrons. The van der Waals surface area contributed by atoms with Crippen LogP contribution >= 0.6 is 31.9 Å². The van der Waals surface area contributed by atoms with Gasteiger partial charge >= 0.3 is 0 Å². The van der Waals surface area contributed by atoms with Crippen LogP contribution in [-0.4, -0.2) is 13.3 Å². The molecule has 0 spiro atoms. The minimum Gasteiger partial charge on any atom is -0.462 e. The quantitative estimate of drug-likeness (QED) is 0.609. The number of oxime groups is 1. The van der Waals surface area contributed by atoms with Crippen LogP contribution in [0.15, 0.2) is 41.7 Å². The minimum atomic E-state index is -0.158. The monoisotopic (exact) mass is 359 g/mol. The van der Waals surface area contributed by atoms with E-state index in [1.807, 2.05) is 6.07 Å². The summed E-state index contributed by atoms with van der Waals surface area (Å²) in [6.07, 6.45) is 2.67. The number of hydrogen-bond acceptors (Lipinski definition) is 4. The fourth-order valence-electron chi connectivity index (χ4n) is 1.38. The topological polar surface area (TPSA) is 51.8 Å². The maximum atomic E-state index is 12.1. The van der Waals surface area contributed by atoms with Crippen molar-refractivity contribution in [3.05, 3.63) is 43.1 Å². The van der Waals surface area contributed by atoms with Crippen LogP contribution in [0, 0.1) is 0 Å². The molecule has 17 heavy (non-hydrogen) atoms. The van der Waals surface area contributed by atoms with Crippen molar-refractivity contribution in [3.8, 4) is 0 Å². The summed E-state index contributed by atoms with van der Waals surface area (Å²) < 4.78 is 6.91. The van der Waals surface area contributed by atoms with Gasteiger partial charge in [0.25, 0.3) is 0 Å². The summed E-state index contributed by atoms with van der Waals surface area (Å²) in [4.78, 5) is 16.6. The van der Waals surface area contributed by atoms with Crippen molar-refractivity contribution >= 4 is 49.0 Å². The van der Waals surface area contributed by atoms with Crippen molar-refractivity contribution in [1.82, 2.24) is 0 Å². The highest BCUT2D eigenvalue weighted by Crippen LogP contribution is 2.26. The molecule has 1 aromatic carbocycles. The van der Waals surface area contributed by atoms with E-state index in [0.29, 0.717) is 21.0 Å². The molecule has 4 nitrogen and oxygen atoms in total. The van der Waals surface area contributed by atoms with E-state index >= 15 is 0 Å². The zero-order valence-electron chi connectivity index (χ0n) is 8.74. The Labute approximate surface area is 114 Å². The average molecular weight is 361 g/mol. The molecule has 0 saturated carbocycles. The highest BCUT2D eigenvalue weighted by Gasteiger charge is 2.09. The Balaban J connectivity index is 2.75. The molecule has 0 N–H and O–H groups in total. The third-order valence-electron chi connectivity index (χ3n) is 2.12. The smallest absolute Gasteiger partial charge is 0.201 e. The first-order valence-electron chi connectivity index (χ1n) is 4.60. The molecule has 6 heteroatoms. The first-order valence-corrected chi connectivity index (χ1v) is 6.19. The molecule has 0 aliphatic carbocycles. The molecule has 1 heterocycles. The lowest BCUT2D eigenvalue weighted by molar-refractivity contribution is 0.215. The van der Waals surface area contributed by atoms with Gasteiger partial charge in [-0.25, -0.2) is 0 Å². The first-order chi connectivity index (χ1) is 8.13. The van der Waals surface area contributed by atoms with Gasteiger partial charge in [0, 0.05) is 4.47 Å². The zero-order valence-corrected chi connectivity index (χ0v) is 11.9. The van der Waals surface area contributed by atoms with E-state index in [1.165, 1.54) is 19.6 Å². The first kappa shape index (κ1) is 12.3. The maximum Gasteiger partial charge on any atom is 0.201 e. The number of fused-ring (bicyclic) bond motifs is 1. The van der Waals surface area contributed by atoms with E-state index < -0.39 is 0 Å². The Kier molecular flexibility index (Phi) is 3.63. The van der Waals surface area contributed by atoms with Crippen molar-refractivity contribution in [2.75, 3.05) is 7.11 Å². The summed E-state index contributed by atoms with van der Waals surface area (Å²) in [5.41, 5.74) is 0.686. The largest absolute Gasteiger partial charge is 0.462 e. The standard InChI is InChI=1S/C11H7Br2NO3/c1-16-14-4-6-5-17-11-8(10(6)15)2-7(12)3-9(11)13/h2-5H,1H3/b14-4+. The summed E-state index contributed by atoms with van der Waals surface area (Å²) in [7, 11) is 1.41. The molecule has 0 fully saturated rings. The third kappa shape index (κ3) is 2.42. The van der Waals surface area contributed by atoms with Crippen LogP contribution in [0.1, 0.15) is 5.56 Å². The Morgan fingerprint density at radius 2 is 2.18 bits per heavy atom. The number of rotatable bonds is 2. The van der Waals surface area contributed by atoms with Crippen LogP contribution in [0.5, 0.6) is 0 Å². The van der Waals surface area contributed by atoms with Gasteiger partial charge in [-0.2, -0.15) is 0 Å². The van der Waals surface area contributed by atoms with Crippen LogP contribution in [0.25, 0.3) is 11.0 Å². The van der Waals surface area contributed by atoms with Crippen LogP contribution in [0.2, 0.25) is 0 Å². The Bertz CT molecular complexity index is 649. The third-order valence-corrected chi connectivity index (χ3v) is 3.16. The molecule has 1 aromatic heterocycles. The van der Waals surface area contributed by atoms with Crippen molar-refractivity contribution in [2.24, 2.45) is 5.16 Å². The van der Waals surface area contributed by atoms with Gasteiger partial charge in [0.15, 0.2) is 5.58 Å². The van der Waals surface area contributed by atoms with Crippen molar-refractivity contribution < 1.29 is 9.25 Å². The molecule has 0 amide bonds. The molecule has 0 saturated heterocycles. The zero-order chi connectivity index (χ0) is 12.4. The van der Waals surface area contributed by atoms with Crippen LogP contribution in [0.3, 0.4) is 0 Å². The SMILES string of the molecule is CO/N=C/c1coc2c(Br)cc(Br)cc2c1=O. The summed E-state index contributed by atoms with van der Waals surface area (Å²) in [6.45, 7) is 0. The molecule has 2 rings (SSSR count). The molecule has 0 radical (unpaired) electrons. The van der Waals surface area contributed by atoms with E-state index in [4.69, 9.17) is 4.42 Å². The van der Waals surface area contributed by atoms with Gasteiger partial charge in [0.2, 0.25) is 5.43 Å². The van der Waals surface area contributed by atoms with E-state index in [0.717, 1.165) is 4.47 Å². The van der Waals surface area contributed by atoms with Gasteiger partial charge in [0.1, 0.15) is 13.4 Å². The molecular weight excluding hydrogens is 354 g/mol. The van der Waals surface area contributed by atoms with E-state index in [1.54, 1.807) is 6.07 Å². The number of halogens is 2. The summed E-state index contributed by atoms with van der Waals surface area (Å²) in [5, 5.41) is 4.02. The lowest BCUT2D eigenvalue weighted by Gasteiger charge is -2.01. The molecule has 0 bridgehead atoms. The predicted molar refractivity (Wildman–Crippen MR) is 72.5 cm³/mol. The van der Waals surface area contributed by atoms with Crippen molar-refractivity contribution in [2.45, 2.75) is 0 Å². The highest BCUT2D eigenvalue weighted by molar-refractivity contribution is 9.11. The van der Waals surface area contributed by atoms with Crippen LogP contribution in [0.4, 0.5) is 0 Å². The average Bonchev–Trinajstić information content (AvgIpc) is 2.29. The van der Waals surface area contributed by atoms with Gasteiger partial charge < -0.3 is 9.25 Å². The Morgan fingerprint density at radius 1 is 1.41 bits per heavy atom. The summed E-state index contributed by atoms with van der Waals surface area (Å²) in [5.74, 6) is 0. The predicted octanol–water partition coefficient (Wildman–Crippen LogP) is 3.30. The Hall–Kier alpha value is -1.14. The van der Waals surface area contributed by atoms with E-state index in [2.05, 4.69) is 41.9 Å². The lowest BCUT2D eigenvalue weighted by Crippen LogP contribution is -2.08. The second-order valence-electron chi connectivity index (χ2n) is 3.20. The second-order valence-corrected chi connectivity index (χ2v) is 4.97. The molecule has 0 aliphatic heterocycles. The lowest BCUT2D eigenvalue weighted by atomic mass is 10.2. The molecular formula is C11H7Br2NO3. The normalized spacial score (nSPS) is 11.2. The van der Waals surface area contributed by atoms with Crippen molar-refractivity contribution in [1.29, 1.82) is 0 Å². The van der Waals surface area contributed by atoms with Gasteiger partial charge in [0.05, 0.1) is 21.6 Å². The van der Waals surface area contributed by atoms with Gasteiger partial charge in [-0.05, 0) is 28.1 Å². The highest BCUT2D eigenvalue weighted by atomic mass is 79.9.